The Kier molecular flexibility index (Phi) is 13.6. The highest BCUT2D eigenvalue weighted by Gasteiger charge is 2.06. The highest BCUT2D eigenvalue weighted by atomic mass is 127. The van der Waals surface area contributed by atoms with Gasteiger partial charge in [-0.2, -0.15) is 0 Å². The van der Waals surface area contributed by atoms with E-state index >= 15 is 0 Å². The van der Waals surface area contributed by atoms with Crippen molar-refractivity contribution in [1.82, 2.24) is 15.5 Å². The molecule has 1 aromatic carbocycles. The van der Waals surface area contributed by atoms with Crippen molar-refractivity contribution in [2.75, 3.05) is 46.9 Å². The molecule has 0 aliphatic heterocycles. The Hall–Kier alpha value is -0.950. The number of nitrogens with two attached hydrogens (primary N) is 1. The van der Waals surface area contributed by atoms with Gasteiger partial charge in [-0.15, -0.1) is 24.0 Å². The van der Waals surface area contributed by atoms with Crippen LogP contribution in [-0.2, 0) is 21.3 Å². The minimum absolute atomic E-state index is 0. The second-order valence-corrected chi connectivity index (χ2v) is 7.52. The molecule has 0 heterocycles. The summed E-state index contributed by atoms with van der Waals surface area (Å²) in [5, 5.41) is 11.6. The first-order valence-corrected chi connectivity index (χ1v) is 10.2. The fourth-order valence-corrected chi connectivity index (χ4v) is 2.77. The lowest BCUT2D eigenvalue weighted by molar-refractivity contribution is 0.180. The van der Waals surface area contributed by atoms with Crippen molar-refractivity contribution in [3.8, 4) is 0 Å². The SMILES string of the molecule is CCNC(=NCc1ccc(S(N)(=O)=O)cc1)NCCN(C)CCCOC.I. The van der Waals surface area contributed by atoms with E-state index in [1.165, 1.54) is 12.1 Å². The number of nitrogens with zero attached hydrogens (tertiary/aromatic N) is 2. The van der Waals surface area contributed by atoms with E-state index in [2.05, 4.69) is 27.6 Å². The van der Waals surface area contributed by atoms with Crippen LogP contribution in [0.4, 0.5) is 0 Å². The minimum atomic E-state index is -3.66. The van der Waals surface area contributed by atoms with Crippen LogP contribution in [0.5, 0.6) is 0 Å². The normalized spacial score (nSPS) is 12.0. The molecule has 0 fully saturated rings. The van der Waals surface area contributed by atoms with Crippen molar-refractivity contribution in [1.29, 1.82) is 0 Å². The largest absolute Gasteiger partial charge is 0.385 e. The number of benzene rings is 1. The minimum Gasteiger partial charge on any atom is -0.385 e. The fourth-order valence-electron chi connectivity index (χ4n) is 2.25. The van der Waals surface area contributed by atoms with Crippen molar-refractivity contribution in [3.63, 3.8) is 0 Å². The highest BCUT2D eigenvalue weighted by Crippen LogP contribution is 2.09. The van der Waals surface area contributed by atoms with Gasteiger partial charge < -0.3 is 20.3 Å². The molecule has 0 radical (unpaired) electrons. The second kappa shape index (κ2) is 14.1. The Bertz CT molecular complexity index is 653. The Labute approximate surface area is 180 Å². The summed E-state index contributed by atoms with van der Waals surface area (Å²) in [5.41, 5.74) is 0.909. The molecule has 4 N–H and O–H groups in total. The van der Waals surface area contributed by atoms with E-state index in [1.54, 1.807) is 19.2 Å². The van der Waals surface area contributed by atoms with Crippen LogP contribution in [0.2, 0.25) is 0 Å². The monoisotopic (exact) mass is 513 g/mol. The van der Waals surface area contributed by atoms with Gasteiger partial charge in [-0.05, 0) is 38.1 Å². The van der Waals surface area contributed by atoms with E-state index < -0.39 is 10.0 Å². The number of likely N-dealkylation sites (N-methyl/N-ethyl adjacent to an activating group) is 1. The van der Waals surface area contributed by atoms with Crippen LogP contribution in [0.15, 0.2) is 34.2 Å². The molecule has 0 aliphatic rings. The maximum Gasteiger partial charge on any atom is 0.238 e. The molecule has 0 aliphatic carbocycles. The molecule has 27 heavy (non-hydrogen) atoms. The zero-order chi connectivity index (χ0) is 19.4. The Morgan fingerprint density at radius 1 is 1.22 bits per heavy atom. The van der Waals surface area contributed by atoms with Gasteiger partial charge in [-0.3, -0.25) is 0 Å². The molecule has 156 valence electrons. The number of nitrogens with one attached hydrogen (secondary N) is 2. The average molecular weight is 513 g/mol. The van der Waals surface area contributed by atoms with Gasteiger partial charge in [0.05, 0.1) is 11.4 Å². The first kappa shape index (κ1) is 26.1. The van der Waals surface area contributed by atoms with Crippen LogP contribution in [0.3, 0.4) is 0 Å². The summed E-state index contributed by atoms with van der Waals surface area (Å²) >= 11 is 0. The third-order valence-electron chi connectivity index (χ3n) is 3.69. The maximum absolute atomic E-state index is 11.3. The van der Waals surface area contributed by atoms with Gasteiger partial charge in [0.25, 0.3) is 0 Å². The summed E-state index contributed by atoms with van der Waals surface area (Å²) in [5.74, 6) is 0.730. The lowest BCUT2D eigenvalue weighted by Gasteiger charge is -2.18. The third kappa shape index (κ3) is 11.5. The summed E-state index contributed by atoms with van der Waals surface area (Å²) in [7, 11) is 0.128. The van der Waals surface area contributed by atoms with Gasteiger partial charge in [-0.25, -0.2) is 18.5 Å². The van der Waals surface area contributed by atoms with Crippen LogP contribution in [0.25, 0.3) is 0 Å². The molecule has 1 aromatic rings. The van der Waals surface area contributed by atoms with Crippen LogP contribution in [0.1, 0.15) is 18.9 Å². The van der Waals surface area contributed by atoms with Gasteiger partial charge in [0.2, 0.25) is 10.0 Å². The summed E-state index contributed by atoms with van der Waals surface area (Å²) in [6, 6.07) is 6.43. The molecule has 0 saturated heterocycles. The highest BCUT2D eigenvalue weighted by molar-refractivity contribution is 14.0. The van der Waals surface area contributed by atoms with Crippen molar-refractivity contribution < 1.29 is 13.2 Å². The predicted octanol–water partition coefficient (Wildman–Crippen LogP) is 0.975. The van der Waals surface area contributed by atoms with Crippen molar-refractivity contribution in [3.05, 3.63) is 29.8 Å². The molecule has 0 spiro atoms. The molecule has 10 heteroatoms. The zero-order valence-electron chi connectivity index (χ0n) is 16.3. The van der Waals surface area contributed by atoms with Gasteiger partial charge in [0, 0.05) is 39.9 Å². The standard InChI is InChI=1S/C17H31N5O3S.HI/c1-4-19-17(20-10-12-22(2)11-5-13-25-3)21-14-15-6-8-16(9-7-15)26(18,23)24;/h6-9H,4-5,10-14H2,1-3H3,(H2,18,23,24)(H2,19,20,21);1H. The van der Waals surface area contributed by atoms with Gasteiger partial charge in [0.1, 0.15) is 0 Å². The first-order valence-electron chi connectivity index (χ1n) is 8.68. The van der Waals surface area contributed by atoms with Crippen LogP contribution in [-0.4, -0.2) is 66.2 Å². The van der Waals surface area contributed by atoms with E-state index in [0.717, 1.165) is 50.7 Å². The van der Waals surface area contributed by atoms with Gasteiger partial charge >= 0.3 is 0 Å². The van der Waals surface area contributed by atoms with Gasteiger partial charge in [0.15, 0.2) is 5.96 Å². The molecule has 8 nitrogen and oxygen atoms in total. The molecule has 0 aromatic heterocycles. The quantitative estimate of drug-likeness (QED) is 0.176. The first-order chi connectivity index (χ1) is 12.4. The van der Waals surface area contributed by atoms with Gasteiger partial charge in [-0.1, -0.05) is 12.1 Å². The van der Waals surface area contributed by atoms with Crippen LogP contribution in [0, 0.1) is 0 Å². The number of halogens is 1. The summed E-state index contributed by atoms with van der Waals surface area (Å²) in [6.07, 6.45) is 1.01. The van der Waals surface area contributed by atoms with Crippen molar-refractivity contribution in [2.24, 2.45) is 10.1 Å². The van der Waals surface area contributed by atoms with E-state index in [4.69, 9.17) is 9.88 Å². The average Bonchev–Trinajstić information content (AvgIpc) is 2.59. The Morgan fingerprint density at radius 3 is 2.44 bits per heavy atom. The van der Waals surface area contributed by atoms with Crippen LogP contribution >= 0.6 is 24.0 Å². The zero-order valence-corrected chi connectivity index (χ0v) is 19.4. The maximum atomic E-state index is 11.3. The van der Waals surface area contributed by atoms with Crippen LogP contribution < -0.4 is 15.8 Å². The van der Waals surface area contributed by atoms with E-state index in [-0.39, 0.29) is 28.9 Å². The molecule has 0 atom stereocenters. The van der Waals surface area contributed by atoms with Crippen molar-refractivity contribution in [2.45, 2.75) is 24.8 Å². The van der Waals surface area contributed by atoms with Crippen molar-refractivity contribution >= 4 is 40.0 Å². The predicted molar refractivity (Wildman–Crippen MR) is 120 cm³/mol. The Balaban J connectivity index is 0.00000676. The molecule has 1 rings (SSSR count). The number of primary sulfonamides is 1. The summed E-state index contributed by atoms with van der Waals surface area (Å²) < 4.78 is 27.6. The topological polar surface area (TPSA) is 109 Å². The van der Waals surface area contributed by atoms with E-state index in [1.807, 2.05) is 6.92 Å². The lowest BCUT2D eigenvalue weighted by atomic mass is 10.2. The Morgan fingerprint density at radius 2 is 1.89 bits per heavy atom. The fraction of sp³-hybridized carbons (Fsp3) is 0.588. The number of aliphatic imine (C=N–C) groups is 1. The molecule has 0 saturated carbocycles. The number of rotatable bonds is 11. The van der Waals surface area contributed by atoms with E-state index in [0.29, 0.717) is 6.54 Å². The molecule has 0 unspecified atom stereocenters. The number of ether oxygens (including phenoxy) is 1. The smallest absolute Gasteiger partial charge is 0.238 e. The second-order valence-electron chi connectivity index (χ2n) is 5.96. The molecule has 0 bridgehead atoms. The number of hydrogen-bond acceptors (Lipinski definition) is 5. The third-order valence-corrected chi connectivity index (χ3v) is 4.62. The number of guanidine groups is 1. The summed E-state index contributed by atoms with van der Waals surface area (Å²) in [6.45, 7) is 6.65. The molecular weight excluding hydrogens is 481 g/mol. The number of hydrogen-bond donors (Lipinski definition) is 3. The number of sulfonamides is 1. The van der Waals surface area contributed by atoms with E-state index in [9.17, 15) is 8.42 Å². The number of methoxy groups -OCH3 is 1. The lowest BCUT2D eigenvalue weighted by Crippen LogP contribution is -2.41. The summed E-state index contributed by atoms with van der Waals surface area (Å²) in [4.78, 5) is 6.86. The molecular formula is C17H32IN5O3S. The molecule has 0 amide bonds.